The second kappa shape index (κ2) is 9.07. The smallest absolute Gasteiger partial charge is 0.341 e. The number of para-hydroxylation sites is 1. The van der Waals surface area contributed by atoms with Gasteiger partial charge in [-0.15, -0.1) is 11.3 Å². The number of primary amides is 1. The number of carbonyl (C=O) groups excluding carboxylic acids is 3. The van der Waals surface area contributed by atoms with E-state index in [4.69, 9.17) is 14.9 Å². The van der Waals surface area contributed by atoms with E-state index < -0.39 is 23.9 Å². The molecule has 0 aliphatic carbocycles. The molecule has 2 amide bonds. The van der Waals surface area contributed by atoms with Crippen molar-refractivity contribution >= 4 is 39.8 Å². The van der Waals surface area contributed by atoms with Crippen molar-refractivity contribution in [1.29, 1.82) is 0 Å². The first-order valence-corrected chi connectivity index (χ1v) is 9.58. The largest absolute Gasteiger partial charge is 0.467 e. The Morgan fingerprint density at radius 2 is 1.93 bits per heavy atom. The van der Waals surface area contributed by atoms with E-state index in [-0.39, 0.29) is 11.1 Å². The molecular formula is C20H19N3O5S. The SMILES string of the molecule is C[C@H](OC(=O)c1ccccc1NCc1ccco1)C(=O)Nc1sccc1C(N)=O. The van der Waals surface area contributed by atoms with Gasteiger partial charge >= 0.3 is 5.97 Å². The fraction of sp³-hybridized carbons (Fsp3) is 0.150. The molecule has 0 saturated heterocycles. The molecule has 0 radical (unpaired) electrons. The number of carbonyl (C=O) groups is 3. The van der Waals surface area contributed by atoms with Crippen LogP contribution in [0.2, 0.25) is 0 Å². The third-order valence-corrected chi connectivity index (χ3v) is 4.83. The van der Waals surface area contributed by atoms with Crippen LogP contribution in [0.1, 0.15) is 33.4 Å². The van der Waals surface area contributed by atoms with Crippen LogP contribution in [0, 0.1) is 0 Å². The molecule has 1 aromatic carbocycles. The number of furan rings is 1. The van der Waals surface area contributed by atoms with Crippen molar-refractivity contribution < 1.29 is 23.5 Å². The molecule has 150 valence electrons. The molecule has 29 heavy (non-hydrogen) atoms. The van der Waals surface area contributed by atoms with Gasteiger partial charge in [0, 0.05) is 5.69 Å². The van der Waals surface area contributed by atoms with Crippen LogP contribution in [0.25, 0.3) is 0 Å². The molecule has 3 aromatic rings. The monoisotopic (exact) mass is 413 g/mol. The molecule has 0 fully saturated rings. The van der Waals surface area contributed by atoms with Crippen LogP contribution in [0.4, 0.5) is 10.7 Å². The lowest BCUT2D eigenvalue weighted by Crippen LogP contribution is -2.30. The number of rotatable bonds is 8. The molecule has 8 nitrogen and oxygen atoms in total. The Kier molecular flexibility index (Phi) is 6.30. The summed E-state index contributed by atoms with van der Waals surface area (Å²) < 4.78 is 10.6. The van der Waals surface area contributed by atoms with E-state index in [1.54, 1.807) is 42.0 Å². The van der Waals surface area contributed by atoms with Gasteiger partial charge in [0.2, 0.25) is 0 Å². The average molecular weight is 413 g/mol. The number of benzene rings is 1. The van der Waals surface area contributed by atoms with Gasteiger partial charge in [-0.2, -0.15) is 0 Å². The molecule has 1 atom stereocenters. The summed E-state index contributed by atoms with van der Waals surface area (Å²) in [5, 5.41) is 7.61. The number of nitrogens with one attached hydrogen (secondary N) is 2. The predicted molar refractivity (Wildman–Crippen MR) is 109 cm³/mol. The van der Waals surface area contributed by atoms with E-state index in [1.807, 2.05) is 6.07 Å². The highest BCUT2D eigenvalue weighted by Crippen LogP contribution is 2.23. The molecule has 4 N–H and O–H groups in total. The number of anilines is 2. The Morgan fingerprint density at radius 3 is 2.66 bits per heavy atom. The Balaban J connectivity index is 1.64. The zero-order valence-electron chi connectivity index (χ0n) is 15.5. The van der Waals surface area contributed by atoms with Crippen LogP contribution in [0.5, 0.6) is 0 Å². The van der Waals surface area contributed by atoms with Gasteiger partial charge in [0.1, 0.15) is 10.8 Å². The molecule has 2 aromatic heterocycles. The molecule has 0 saturated carbocycles. The van der Waals surface area contributed by atoms with Gasteiger partial charge in [0.15, 0.2) is 6.10 Å². The summed E-state index contributed by atoms with van der Waals surface area (Å²) >= 11 is 1.15. The van der Waals surface area contributed by atoms with Crippen LogP contribution in [-0.2, 0) is 16.1 Å². The van der Waals surface area contributed by atoms with E-state index in [1.165, 1.54) is 13.0 Å². The normalized spacial score (nSPS) is 11.5. The summed E-state index contributed by atoms with van der Waals surface area (Å²) in [6.07, 6.45) is 0.484. The number of ether oxygens (including phenoxy) is 1. The van der Waals surface area contributed by atoms with Crippen LogP contribution in [0.15, 0.2) is 58.5 Å². The van der Waals surface area contributed by atoms with Gasteiger partial charge in [0.05, 0.1) is 23.9 Å². The quantitative estimate of drug-likeness (QED) is 0.487. The topological polar surface area (TPSA) is 124 Å². The number of hydrogen-bond donors (Lipinski definition) is 3. The Morgan fingerprint density at radius 1 is 1.14 bits per heavy atom. The maximum absolute atomic E-state index is 12.6. The minimum absolute atomic E-state index is 0.203. The zero-order valence-corrected chi connectivity index (χ0v) is 16.3. The molecule has 2 heterocycles. The van der Waals surface area contributed by atoms with E-state index in [0.29, 0.717) is 23.0 Å². The van der Waals surface area contributed by atoms with E-state index >= 15 is 0 Å². The van der Waals surface area contributed by atoms with Gasteiger partial charge in [-0.25, -0.2) is 4.79 Å². The highest BCUT2D eigenvalue weighted by molar-refractivity contribution is 7.14. The molecular weight excluding hydrogens is 394 g/mol. The van der Waals surface area contributed by atoms with Crippen molar-refractivity contribution in [2.45, 2.75) is 19.6 Å². The van der Waals surface area contributed by atoms with Crippen molar-refractivity contribution in [1.82, 2.24) is 0 Å². The van der Waals surface area contributed by atoms with E-state index in [9.17, 15) is 14.4 Å². The third-order valence-electron chi connectivity index (χ3n) is 4.00. The van der Waals surface area contributed by atoms with Crippen molar-refractivity contribution in [2.24, 2.45) is 5.73 Å². The summed E-state index contributed by atoms with van der Waals surface area (Å²) in [4.78, 5) is 36.3. The van der Waals surface area contributed by atoms with E-state index in [2.05, 4.69) is 10.6 Å². The Labute approximate surface area is 170 Å². The molecule has 0 bridgehead atoms. The van der Waals surface area contributed by atoms with Gasteiger partial charge in [-0.3, -0.25) is 9.59 Å². The van der Waals surface area contributed by atoms with Gasteiger partial charge < -0.3 is 25.5 Å². The Bertz CT molecular complexity index is 1010. The summed E-state index contributed by atoms with van der Waals surface area (Å²) in [5.74, 6) is -1.16. The predicted octanol–water partition coefficient (Wildman–Crippen LogP) is 3.24. The minimum Gasteiger partial charge on any atom is -0.467 e. The van der Waals surface area contributed by atoms with Crippen molar-refractivity contribution in [3.05, 3.63) is 71.0 Å². The number of esters is 1. The fourth-order valence-electron chi connectivity index (χ4n) is 2.50. The van der Waals surface area contributed by atoms with Crippen LogP contribution >= 0.6 is 11.3 Å². The second-order valence-corrected chi connectivity index (χ2v) is 6.96. The maximum Gasteiger partial charge on any atom is 0.341 e. The van der Waals surface area contributed by atoms with Crippen molar-refractivity contribution in [3.63, 3.8) is 0 Å². The molecule has 0 aliphatic rings. The standard InChI is InChI=1S/C20H19N3O5S/c1-12(18(25)23-19-15(17(21)24)8-10-29-19)28-20(26)14-6-2-3-7-16(14)22-11-13-5-4-9-27-13/h2-10,12,22H,11H2,1H3,(H2,21,24)(H,23,25)/t12-/m0/s1. The van der Waals surface area contributed by atoms with E-state index in [0.717, 1.165) is 11.3 Å². The molecule has 3 rings (SSSR count). The number of amides is 2. The van der Waals surface area contributed by atoms with Gasteiger partial charge in [-0.05, 0) is 42.6 Å². The lowest BCUT2D eigenvalue weighted by molar-refractivity contribution is -0.123. The summed E-state index contributed by atoms with van der Waals surface area (Å²) in [7, 11) is 0. The summed E-state index contributed by atoms with van der Waals surface area (Å²) in [6.45, 7) is 1.84. The Hall–Kier alpha value is -3.59. The van der Waals surface area contributed by atoms with Crippen LogP contribution < -0.4 is 16.4 Å². The van der Waals surface area contributed by atoms with Gasteiger partial charge in [-0.1, -0.05) is 12.1 Å². The summed E-state index contributed by atoms with van der Waals surface area (Å²) in [6, 6.07) is 11.9. The number of hydrogen-bond acceptors (Lipinski definition) is 7. The first-order chi connectivity index (χ1) is 14.0. The fourth-order valence-corrected chi connectivity index (χ4v) is 3.30. The van der Waals surface area contributed by atoms with Crippen molar-refractivity contribution in [3.8, 4) is 0 Å². The number of nitrogens with two attached hydrogens (primary N) is 1. The first kappa shape index (κ1) is 20.2. The van der Waals surface area contributed by atoms with Crippen LogP contribution in [0.3, 0.4) is 0 Å². The average Bonchev–Trinajstić information content (AvgIpc) is 3.38. The van der Waals surface area contributed by atoms with Crippen molar-refractivity contribution in [2.75, 3.05) is 10.6 Å². The third kappa shape index (κ3) is 5.02. The maximum atomic E-state index is 12.6. The lowest BCUT2D eigenvalue weighted by Gasteiger charge is -2.15. The second-order valence-electron chi connectivity index (χ2n) is 6.04. The molecule has 0 aliphatic heterocycles. The molecule has 0 spiro atoms. The van der Waals surface area contributed by atoms with Gasteiger partial charge in [0.25, 0.3) is 11.8 Å². The zero-order chi connectivity index (χ0) is 20.8. The van der Waals surface area contributed by atoms with Crippen LogP contribution in [-0.4, -0.2) is 23.9 Å². The lowest BCUT2D eigenvalue weighted by atomic mass is 10.1. The summed E-state index contributed by atoms with van der Waals surface area (Å²) in [5.41, 5.74) is 6.30. The number of thiophene rings is 1. The minimum atomic E-state index is -1.08. The highest BCUT2D eigenvalue weighted by Gasteiger charge is 2.22. The highest BCUT2D eigenvalue weighted by atomic mass is 32.1. The molecule has 9 heteroatoms. The first-order valence-electron chi connectivity index (χ1n) is 8.70. The molecule has 0 unspecified atom stereocenters.